The van der Waals surface area contributed by atoms with Gasteiger partial charge in [0.05, 0.1) is 12.1 Å². The first-order chi connectivity index (χ1) is 9.06. The van der Waals surface area contributed by atoms with Gasteiger partial charge in [-0.25, -0.2) is 0 Å². The smallest absolute Gasteiger partial charge is 0.251 e. The van der Waals surface area contributed by atoms with Gasteiger partial charge in [0.1, 0.15) is 0 Å². The largest absolute Gasteiger partial charge is 0.380 e. The van der Waals surface area contributed by atoms with Gasteiger partial charge in [-0.2, -0.15) is 0 Å². The zero-order chi connectivity index (χ0) is 13.8. The lowest BCUT2D eigenvalue weighted by molar-refractivity contribution is 0.0943. The maximum Gasteiger partial charge on any atom is 0.251 e. The molecular weight excluding hydrogens is 240 g/mol. The summed E-state index contributed by atoms with van der Waals surface area (Å²) in [7, 11) is 0. The minimum atomic E-state index is -0.0286. The third kappa shape index (κ3) is 3.70. The van der Waals surface area contributed by atoms with E-state index in [1.165, 1.54) is 0 Å². The molecule has 0 aliphatic carbocycles. The highest BCUT2D eigenvalue weighted by Gasteiger charge is 2.23. The number of nitrogens with one attached hydrogen (secondary N) is 2. The minimum Gasteiger partial charge on any atom is -0.380 e. The van der Waals surface area contributed by atoms with Crippen LogP contribution in [0.2, 0.25) is 0 Å². The van der Waals surface area contributed by atoms with Crippen molar-refractivity contribution in [1.82, 2.24) is 5.32 Å². The second kappa shape index (κ2) is 6.06. The van der Waals surface area contributed by atoms with Gasteiger partial charge in [0, 0.05) is 23.9 Å². The van der Waals surface area contributed by atoms with Crippen LogP contribution in [0.4, 0.5) is 5.69 Å². The third-order valence-corrected chi connectivity index (χ3v) is 3.30. The Labute approximate surface area is 114 Å². The van der Waals surface area contributed by atoms with Gasteiger partial charge in [-0.15, -0.1) is 0 Å². The van der Waals surface area contributed by atoms with E-state index in [9.17, 15) is 4.79 Å². The molecule has 1 heterocycles. The zero-order valence-electron chi connectivity index (χ0n) is 11.8. The molecule has 1 aromatic carbocycles. The number of hydrogen-bond donors (Lipinski definition) is 2. The van der Waals surface area contributed by atoms with Gasteiger partial charge in [0.25, 0.3) is 5.91 Å². The summed E-state index contributed by atoms with van der Waals surface area (Å²) in [6, 6.07) is 8.10. The van der Waals surface area contributed by atoms with Gasteiger partial charge in [-0.05, 0) is 51.5 Å². The van der Waals surface area contributed by atoms with Crippen LogP contribution in [-0.2, 0) is 4.74 Å². The van der Waals surface area contributed by atoms with Gasteiger partial charge in [-0.3, -0.25) is 4.79 Å². The van der Waals surface area contributed by atoms with E-state index in [2.05, 4.69) is 17.6 Å². The van der Waals surface area contributed by atoms with E-state index in [1.807, 2.05) is 38.1 Å². The van der Waals surface area contributed by atoms with Crippen LogP contribution in [0.5, 0.6) is 0 Å². The Morgan fingerprint density at radius 2 is 2.00 bits per heavy atom. The maximum absolute atomic E-state index is 11.8. The molecule has 4 heteroatoms. The fraction of sp³-hybridized carbons (Fsp3) is 0.533. The van der Waals surface area contributed by atoms with Crippen LogP contribution in [0, 0.1) is 0 Å². The van der Waals surface area contributed by atoms with Crippen LogP contribution in [0.25, 0.3) is 0 Å². The summed E-state index contributed by atoms with van der Waals surface area (Å²) in [6.45, 7) is 6.80. The first-order valence-electron chi connectivity index (χ1n) is 6.85. The molecular formula is C15H22N2O2. The van der Waals surface area contributed by atoms with Gasteiger partial charge in [0.15, 0.2) is 0 Å². The number of carbonyl (C=O) groups excluding carboxylic acids is 1. The highest BCUT2D eigenvalue weighted by Crippen LogP contribution is 2.19. The summed E-state index contributed by atoms with van der Waals surface area (Å²) >= 11 is 0. The molecule has 0 radical (unpaired) electrons. The highest BCUT2D eigenvalue weighted by molar-refractivity contribution is 5.94. The number of hydrogen-bond acceptors (Lipinski definition) is 3. The second-order valence-corrected chi connectivity index (χ2v) is 5.32. The molecule has 1 aliphatic heterocycles. The predicted octanol–water partition coefficient (Wildman–Crippen LogP) is 2.41. The van der Waals surface area contributed by atoms with Crippen molar-refractivity contribution in [3.05, 3.63) is 29.8 Å². The second-order valence-electron chi connectivity index (χ2n) is 5.32. The number of rotatable bonds is 4. The fourth-order valence-electron chi connectivity index (χ4n) is 2.20. The lowest BCUT2D eigenvalue weighted by Gasteiger charge is -2.17. The van der Waals surface area contributed by atoms with Gasteiger partial charge in [-0.1, -0.05) is 0 Å². The molecule has 2 rings (SSSR count). The monoisotopic (exact) mass is 262 g/mol. The lowest BCUT2D eigenvalue weighted by Crippen LogP contribution is -2.30. The molecule has 2 atom stereocenters. The van der Waals surface area contributed by atoms with Crippen LogP contribution in [0.15, 0.2) is 24.3 Å². The van der Waals surface area contributed by atoms with Crippen LogP contribution in [0.1, 0.15) is 37.6 Å². The van der Waals surface area contributed by atoms with E-state index in [-0.39, 0.29) is 18.1 Å². The van der Waals surface area contributed by atoms with E-state index < -0.39 is 0 Å². The molecule has 1 fully saturated rings. The van der Waals surface area contributed by atoms with Crippen molar-refractivity contribution < 1.29 is 9.53 Å². The van der Waals surface area contributed by atoms with Crippen molar-refractivity contribution in [2.45, 2.75) is 45.4 Å². The fourth-order valence-corrected chi connectivity index (χ4v) is 2.20. The van der Waals surface area contributed by atoms with Crippen molar-refractivity contribution in [1.29, 1.82) is 0 Å². The SMILES string of the molecule is CC(C)NC(=O)c1ccc(NC2CCOC2C)cc1. The van der Waals surface area contributed by atoms with E-state index in [4.69, 9.17) is 4.74 Å². The van der Waals surface area contributed by atoms with Gasteiger partial charge >= 0.3 is 0 Å². The Hall–Kier alpha value is -1.55. The van der Waals surface area contributed by atoms with Gasteiger partial charge < -0.3 is 15.4 Å². The molecule has 104 valence electrons. The summed E-state index contributed by atoms with van der Waals surface area (Å²) in [5.74, 6) is -0.0286. The Bertz CT molecular complexity index is 428. The Balaban J connectivity index is 1.96. The lowest BCUT2D eigenvalue weighted by atomic mass is 10.1. The summed E-state index contributed by atoms with van der Waals surface area (Å²) in [6.07, 6.45) is 1.26. The molecule has 0 spiro atoms. The van der Waals surface area contributed by atoms with Crippen molar-refractivity contribution >= 4 is 11.6 Å². The van der Waals surface area contributed by atoms with Gasteiger partial charge in [0.2, 0.25) is 0 Å². The molecule has 4 nitrogen and oxygen atoms in total. The maximum atomic E-state index is 11.8. The minimum absolute atomic E-state index is 0.0286. The Morgan fingerprint density at radius 3 is 2.53 bits per heavy atom. The number of carbonyl (C=O) groups is 1. The number of anilines is 1. The molecule has 1 aliphatic rings. The summed E-state index contributed by atoms with van der Waals surface area (Å²) in [4.78, 5) is 11.8. The summed E-state index contributed by atoms with van der Waals surface area (Å²) in [5, 5.41) is 6.32. The first-order valence-corrected chi connectivity index (χ1v) is 6.85. The quantitative estimate of drug-likeness (QED) is 0.876. The molecule has 1 saturated heterocycles. The van der Waals surface area contributed by atoms with E-state index in [1.54, 1.807) is 0 Å². The van der Waals surface area contributed by atoms with Crippen molar-refractivity contribution in [2.75, 3.05) is 11.9 Å². The summed E-state index contributed by atoms with van der Waals surface area (Å²) in [5.41, 5.74) is 1.72. The topological polar surface area (TPSA) is 50.4 Å². The Kier molecular flexibility index (Phi) is 4.43. The van der Waals surface area contributed by atoms with Crippen LogP contribution in [0.3, 0.4) is 0 Å². The average Bonchev–Trinajstić information content (AvgIpc) is 2.75. The molecule has 0 bridgehead atoms. The van der Waals surface area contributed by atoms with E-state index in [0.717, 1.165) is 18.7 Å². The molecule has 0 aromatic heterocycles. The van der Waals surface area contributed by atoms with Crippen molar-refractivity contribution in [3.63, 3.8) is 0 Å². The molecule has 19 heavy (non-hydrogen) atoms. The number of benzene rings is 1. The van der Waals surface area contributed by atoms with Crippen molar-refractivity contribution in [2.24, 2.45) is 0 Å². The van der Waals surface area contributed by atoms with Crippen LogP contribution >= 0.6 is 0 Å². The molecule has 1 aromatic rings. The zero-order valence-corrected chi connectivity index (χ0v) is 11.8. The highest BCUT2D eigenvalue weighted by atomic mass is 16.5. The molecule has 2 N–H and O–H groups in total. The first kappa shape index (κ1) is 13.9. The number of ether oxygens (including phenoxy) is 1. The third-order valence-electron chi connectivity index (χ3n) is 3.30. The van der Waals surface area contributed by atoms with E-state index >= 15 is 0 Å². The average molecular weight is 262 g/mol. The van der Waals surface area contributed by atoms with Crippen LogP contribution in [-0.4, -0.2) is 30.7 Å². The molecule has 1 amide bonds. The normalized spacial score (nSPS) is 22.5. The number of amides is 1. The summed E-state index contributed by atoms with van der Waals surface area (Å²) < 4.78 is 5.52. The van der Waals surface area contributed by atoms with E-state index in [0.29, 0.717) is 11.6 Å². The molecule has 2 unspecified atom stereocenters. The Morgan fingerprint density at radius 1 is 1.32 bits per heavy atom. The molecule has 0 saturated carbocycles. The predicted molar refractivity (Wildman–Crippen MR) is 76.5 cm³/mol. The van der Waals surface area contributed by atoms with Crippen LogP contribution < -0.4 is 10.6 Å². The standard InChI is InChI=1S/C15H22N2O2/c1-10(2)16-15(18)12-4-6-13(7-5-12)17-14-8-9-19-11(14)3/h4-7,10-11,14,17H,8-9H2,1-3H3,(H,16,18). The van der Waals surface area contributed by atoms with Crippen molar-refractivity contribution in [3.8, 4) is 0 Å².